The molecule has 0 saturated heterocycles. The number of nitrogens with zero attached hydrogens (tertiary/aromatic N) is 3. The highest BCUT2D eigenvalue weighted by molar-refractivity contribution is 5.88. The van der Waals surface area contributed by atoms with Gasteiger partial charge in [0.25, 0.3) is 5.56 Å². The van der Waals surface area contributed by atoms with E-state index in [9.17, 15) is 31.1 Å². The van der Waals surface area contributed by atoms with Crippen LogP contribution in [0.3, 0.4) is 0 Å². The van der Waals surface area contributed by atoms with Gasteiger partial charge in [-0.25, -0.2) is 9.97 Å². The van der Waals surface area contributed by atoms with Gasteiger partial charge in [-0.3, -0.25) is 4.79 Å². The number of nitrogens with one attached hydrogen (secondary N) is 1. The Labute approximate surface area is 185 Å². The van der Waals surface area contributed by atoms with Gasteiger partial charge in [0.2, 0.25) is 0 Å². The lowest BCUT2D eigenvalue weighted by atomic mass is 10.0. The minimum absolute atomic E-state index is 0.0279. The van der Waals surface area contributed by atoms with Gasteiger partial charge >= 0.3 is 12.4 Å². The van der Waals surface area contributed by atoms with Gasteiger partial charge in [0, 0.05) is 18.8 Å². The summed E-state index contributed by atoms with van der Waals surface area (Å²) in [6, 6.07) is 2.66. The zero-order valence-electron chi connectivity index (χ0n) is 17.8. The number of benzene rings is 1. The van der Waals surface area contributed by atoms with Crippen molar-refractivity contribution in [3.05, 3.63) is 63.3 Å². The number of aromatic nitrogens is 3. The van der Waals surface area contributed by atoms with Crippen LogP contribution in [0.25, 0.3) is 10.9 Å². The van der Waals surface area contributed by atoms with Crippen LogP contribution in [0, 0.1) is 26.7 Å². The molecule has 2 aromatic heterocycles. The van der Waals surface area contributed by atoms with E-state index < -0.39 is 29.5 Å². The Morgan fingerprint density at radius 1 is 1.09 bits per heavy atom. The SMILES string of the molecule is C#C.Cc1nc(NCc2cccc(C(F)(F)F)c2C)c2cn(C(C)C(F)(F)F)c(=O)cc2n1. The molecule has 11 heteroatoms. The third-order valence-corrected chi connectivity index (χ3v) is 4.96. The van der Waals surface area contributed by atoms with Crippen LogP contribution < -0.4 is 10.9 Å². The molecule has 0 amide bonds. The average molecular weight is 470 g/mol. The maximum atomic E-state index is 13.1. The second-order valence-corrected chi connectivity index (χ2v) is 7.10. The topological polar surface area (TPSA) is 59.8 Å². The van der Waals surface area contributed by atoms with Crippen molar-refractivity contribution in [3.63, 3.8) is 0 Å². The fraction of sp³-hybridized carbons (Fsp3) is 0.318. The predicted molar refractivity (Wildman–Crippen MR) is 113 cm³/mol. The van der Waals surface area contributed by atoms with Crippen molar-refractivity contribution in [2.24, 2.45) is 0 Å². The van der Waals surface area contributed by atoms with Crippen LogP contribution in [-0.2, 0) is 12.7 Å². The fourth-order valence-corrected chi connectivity index (χ4v) is 3.19. The molecule has 3 aromatic rings. The van der Waals surface area contributed by atoms with E-state index in [4.69, 9.17) is 0 Å². The number of aryl methyl sites for hydroxylation is 1. The van der Waals surface area contributed by atoms with Crippen molar-refractivity contribution >= 4 is 16.7 Å². The Morgan fingerprint density at radius 2 is 1.73 bits per heavy atom. The van der Waals surface area contributed by atoms with E-state index in [2.05, 4.69) is 28.1 Å². The first-order valence-electron chi connectivity index (χ1n) is 9.49. The predicted octanol–water partition coefficient (Wildman–Crippen LogP) is 5.41. The summed E-state index contributed by atoms with van der Waals surface area (Å²) in [4.78, 5) is 20.4. The van der Waals surface area contributed by atoms with Gasteiger partial charge in [0.1, 0.15) is 17.7 Å². The molecule has 0 aliphatic heterocycles. The smallest absolute Gasteiger partial charge is 0.365 e. The van der Waals surface area contributed by atoms with Crippen molar-refractivity contribution in [2.75, 3.05) is 5.32 Å². The van der Waals surface area contributed by atoms with Crippen LogP contribution in [0.5, 0.6) is 0 Å². The second kappa shape index (κ2) is 9.52. The van der Waals surface area contributed by atoms with Gasteiger partial charge in [0.05, 0.1) is 16.5 Å². The molecule has 0 spiro atoms. The molecule has 1 aromatic carbocycles. The molecule has 176 valence electrons. The normalized spacial score (nSPS) is 12.7. The van der Waals surface area contributed by atoms with Crippen molar-refractivity contribution in [2.45, 2.75) is 45.7 Å². The van der Waals surface area contributed by atoms with Crippen molar-refractivity contribution in [1.82, 2.24) is 14.5 Å². The number of anilines is 1. The first kappa shape index (κ1) is 25.7. The van der Waals surface area contributed by atoms with Crippen LogP contribution in [0.15, 0.2) is 35.3 Å². The van der Waals surface area contributed by atoms with Crippen LogP contribution in [0.2, 0.25) is 0 Å². The molecule has 0 aliphatic rings. The van der Waals surface area contributed by atoms with E-state index in [1.807, 2.05) is 0 Å². The lowest BCUT2D eigenvalue weighted by Crippen LogP contribution is -2.31. The highest BCUT2D eigenvalue weighted by atomic mass is 19.4. The number of hydrogen-bond acceptors (Lipinski definition) is 4. The monoisotopic (exact) mass is 470 g/mol. The fourth-order valence-electron chi connectivity index (χ4n) is 3.19. The number of pyridine rings is 1. The quantitative estimate of drug-likeness (QED) is 0.409. The minimum atomic E-state index is -4.65. The van der Waals surface area contributed by atoms with E-state index in [0.717, 1.165) is 25.3 Å². The highest BCUT2D eigenvalue weighted by Gasteiger charge is 2.38. The number of hydrogen-bond donors (Lipinski definition) is 1. The van der Waals surface area contributed by atoms with Gasteiger partial charge in [-0.2, -0.15) is 26.3 Å². The molecule has 0 fully saturated rings. The van der Waals surface area contributed by atoms with Crippen LogP contribution in [-0.4, -0.2) is 20.7 Å². The van der Waals surface area contributed by atoms with E-state index in [-0.39, 0.29) is 34.7 Å². The Hall–Kier alpha value is -3.55. The number of alkyl halides is 6. The summed E-state index contributed by atoms with van der Waals surface area (Å²) in [5.74, 6) is 0.360. The van der Waals surface area contributed by atoms with Crippen LogP contribution in [0.1, 0.15) is 35.5 Å². The average Bonchev–Trinajstić information content (AvgIpc) is 2.71. The van der Waals surface area contributed by atoms with Gasteiger partial charge < -0.3 is 9.88 Å². The Kier molecular flexibility index (Phi) is 7.42. The summed E-state index contributed by atoms with van der Waals surface area (Å²) in [5.41, 5.74) is -1.15. The number of fused-ring (bicyclic) bond motifs is 1. The third-order valence-electron chi connectivity index (χ3n) is 4.96. The molecule has 0 aliphatic carbocycles. The minimum Gasteiger partial charge on any atom is -0.365 e. The number of rotatable bonds is 4. The molecule has 5 nitrogen and oxygen atoms in total. The van der Waals surface area contributed by atoms with Crippen molar-refractivity contribution in [3.8, 4) is 12.8 Å². The third kappa shape index (κ3) is 5.63. The lowest BCUT2D eigenvalue weighted by Gasteiger charge is -2.19. The van der Waals surface area contributed by atoms with Crippen LogP contribution in [0.4, 0.5) is 32.2 Å². The Morgan fingerprint density at radius 3 is 2.30 bits per heavy atom. The molecule has 1 N–H and O–H groups in total. The van der Waals surface area contributed by atoms with Crippen molar-refractivity contribution in [1.29, 1.82) is 0 Å². The second-order valence-electron chi connectivity index (χ2n) is 7.10. The molecule has 1 atom stereocenters. The number of halogens is 6. The molecule has 0 bridgehead atoms. The zero-order chi connectivity index (χ0) is 25.1. The van der Waals surface area contributed by atoms with E-state index in [1.54, 1.807) is 0 Å². The summed E-state index contributed by atoms with van der Waals surface area (Å²) in [5, 5.41) is 3.02. The van der Waals surface area contributed by atoms with Crippen LogP contribution >= 0.6 is 0 Å². The Balaban J connectivity index is 0.00000187. The molecular weight excluding hydrogens is 450 g/mol. The summed E-state index contributed by atoms with van der Waals surface area (Å²) in [6.07, 6.45) is -0.148. The largest absolute Gasteiger partial charge is 0.416 e. The molecule has 0 radical (unpaired) electrons. The lowest BCUT2D eigenvalue weighted by molar-refractivity contribution is -0.163. The Bertz CT molecular complexity index is 1230. The standard InChI is InChI=1S/C20H18F6N4O.C2H2/c1-10-13(5-4-6-15(10)20(24,25)26)8-27-18-14-9-30(11(2)19(21,22)23)17(31)7-16(14)28-12(3)29-18;1-2/h4-7,9,11H,8H2,1-3H3,(H,27,28,29);1-2H. The summed E-state index contributed by atoms with van der Waals surface area (Å²) < 4.78 is 79.3. The molecule has 2 heterocycles. The summed E-state index contributed by atoms with van der Waals surface area (Å²) in [7, 11) is 0. The molecular formula is C22H20F6N4O. The summed E-state index contributed by atoms with van der Waals surface area (Å²) in [6.45, 7) is 3.66. The maximum Gasteiger partial charge on any atom is 0.416 e. The maximum absolute atomic E-state index is 13.1. The molecule has 33 heavy (non-hydrogen) atoms. The number of terminal acetylenes is 1. The van der Waals surface area contributed by atoms with Crippen molar-refractivity contribution < 1.29 is 26.3 Å². The van der Waals surface area contributed by atoms with E-state index in [1.165, 1.54) is 26.0 Å². The van der Waals surface area contributed by atoms with Gasteiger partial charge in [-0.1, -0.05) is 12.1 Å². The molecule has 3 rings (SSSR count). The molecule has 0 saturated carbocycles. The molecule has 1 unspecified atom stereocenters. The van der Waals surface area contributed by atoms with Gasteiger partial charge in [-0.15, -0.1) is 12.8 Å². The van der Waals surface area contributed by atoms with Gasteiger partial charge in [0.15, 0.2) is 0 Å². The van der Waals surface area contributed by atoms with E-state index >= 15 is 0 Å². The summed E-state index contributed by atoms with van der Waals surface area (Å²) >= 11 is 0. The van der Waals surface area contributed by atoms with E-state index in [0.29, 0.717) is 10.1 Å². The van der Waals surface area contributed by atoms with Gasteiger partial charge in [-0.05, 0) is 38.0 Å². The first-order valence-corrected chi connectivity index (χ1v) is 9.49. The zero-order valence-corrected chi connectivity index (χ0v) is 17.8. The first-order chi connectivity index (χ1) is 15.3. The highest BCUT2D eigenvalue weighted by Crippen LogP contribution is 2.33.